The van der Waals surface area contributed by atoms with Crippen LogP contribution in [0.25, 0.3) is 0 Å². The molecule has 1 atom stereocenters. The first-order valence-electron chi connectivity index (χ1n) is 6.38. The summed E-state index contributed by atoms with van der Waals surface area (Å²) in [5, 5.41) is 0. The van der Waals surface area contributed by atoms with Gasteiger partial charge in [-0.15, -0.1) is 0 Å². The maximum absolute atomic E-state index is 12.6. The van der Waals surface area contributed by atoms with Gasteiger partial charge in [0, 0.05) is 17.8 Å². The molecule has 1 heterocycles. The highest BCUT2D eigenvalue weighted by atomic mass is 16.5. The molecule has 1 saturated heterocycles. The van der Waals surface area contributed by atoms with E-state index in [1.165, 1.54) is 0 Å². The van der Waals surface area contributed by atoms with Crippen LogP contribution in [0, 0.1) is 6.92 Å². The molecule has 4 heteroatoms. The molecule has 1 fully saturated rings. The average molecular weight is 248 g/mol. The topological polar surface area (TPSA) is 55.6 Å². The third-order valence-corrected chi connectivity index (χ3v) is 3.45. The van der Waals surface area contributed by atoms with Gasteiger partial charge in [-0.05, 0) is 31.0 Å². The zero-order valence-corrected chi connectivity index (χ0v) is 11.0. The van der Waals surface area contributed by atoms with Gasteiger partial charge in [-0.25, -0.2) is 0 Å². The smallest absolute Gasteiger partial charge is 0.254 e. The van der Waals surface area contributed by atoms with E-state index in [0.29, 0.717) is 31.0 Å². The maximum Gasteiger partial charge on any atom is 0.254 e. The maximum atomic E-state index is 12.6. The van der Waals surface area contributed by atoms with E-state index in [4.69, 9.17) is 10.5 Å². The summed E-state index contributed by atoms with van der Waals surface area (Å²) >= 11 is 0. The lowest BCUT2D eigenvalue weighted by Crippen LogP contribution is -2.48. The number of nitrogens with two attached hydrogens (primary N) is 1. The quantitative estimate of drug-likeness (QED) is 0.812. The van der Waals surface area contributed by atoms with Crippen LogP contribution in [0.15, 0.2) is 18.2 Å². The number of carbonyl (C=O) groups is 1. The minimum Gasteiger partial charge on any atom is -0.399 e. The van der Waals surface area contributed by atoms with Crippen LogP contribution in [0.1, 0.15) is 29.3 Å². The minimum atomic E-state index is 0.0648. The number of hydrogen-bond acceptors (Lipinski definition) is 3. The lowest BCUT2D eigenvalue weighted by Gasteiger charge is -2.35. The third-order valence-electron chi connectivity index (χ3n) is 3.45. The fourth-order valence-electron chi connectivity index (χ4n) is 2.29. The first-order valence-corrected chi connectivity index (χ1v) is 6.38. The summed E-state index contributed by atoms with van der Waals surface area (Å²) in [6, 6.07) is 5.65. The van der Waals surface area contributed by atoms with E-state index in [0.717, 1.165) is 12.0 Å². The fourth-order valence-corrected chi connectivity index (χ4v) is 2.29. The van der Waals surface area contributed by atoms with E-state index >= 15 is 0 Å². The van der Waals surface area contributed by atoms with Crippen LogP contribution in [0.3, 0.4) is 0 Å². The summed E-state index contributed by atoms with van der Waals surface area (Å²) in [5.41, 5.74) is 8.07. The number of nitrogens with zero attached hydrogens (tertiary/aromatic N) is 1. The lowest BCUT2D eigenvalue weighted by molar-refractivity contribution is -0.00283. The predicted octanol–water partition coefficient (Wildman–Crippen LogP) is 1.83. The molecular formula is C14H20N2O2. The Balaban J connectivity index is 2.26. The van der Waals surface area contributed by atoms with Crippen molar-refractivity contribution < 1.29 is 9.53 Å². The number of rotatable bonds is 2. The van der Waals surface area contributed by atoms with Gasteiger partial charge in [0.15, 0.2) is 0 Å². The van der Waals surface area contributed by atoms with Crippen LogP contribution in [0.5, 0.6) is 0 Å². The Bertz CT molecular complexity index is 445. The average Bonchev–Trinajstić information content (AvgIpc) is 2.40. The second-order valence-electron chi connectivity index (χ2n) is 4.71. The van der Waals surface area contributed by atoms with Crippen LogP contribution >= 0.6 is 0 Å². The zero-order chi connectivity index (χ0) is 13.1. The molecule has 1 amide bonds. The van der Waals surface area contributed by atoms with Crippen molar-refractivity contribution in [2.75, 3.05) is 25.5 Å². The van der Waals surface area contributed by atoms with E-state index in [9.17, 15) is 4.79 Å². The highest BCUT2D eigenvalue weighted by Gasteiger charge is 2.27. The number of aryl methyl sites for hydroxylation is 1. The molecule has 2 N–H and O–H groups in total. The second kappa shape index (κ2) is 5.40. The molecule has 0 bridgehead atoms. The Labute approximate surface area is 108 Å². The molecule has 1 aromatic rings. The highest BCUT2D eigenvalue weighted by Crippen LogP contribution is 2.19. The normalized spacial score (nSPS) is 19.9. The molecule has 1 aliphatic rings. The standard InChI is InChI=1S/C14H20N2O2/c1-3-12-9-18-7-6-16(12)14(17)13-8-11(15)5-4-10(13)2/h4-5,8,12H,3,6-7,9,15H2,1-2H3. The number of benzene rings is 1. The molecule has 2 rings (SSSR count). The molecule has 1 aliphatic heterocycles. The highest BCUT2D eigenvalue weighted by molar-refractivity contribution is 5.96. The molecule has 1 aromatic carbocycles. The van der Waals surface area contributed by atoms with Crippen molar-refractivity contribution in [2.24, 2.45) is 0 Å². The van der Waals surface area contributed by atoms with Gasteiger partial charge in [0.1, 0.15) is 0 Å². The van der Waals surface area contributed by atoms with Crippen LogP contribution in [0.2, 0.25) is 0 Å². The lowest BCUT2D eigenvalue weighted by atomic mass is 10.0. The molecule has 0 aliphatic carbocycles. The van der Waals surface area contributed by atoms with E-state index in [1.807, 2.05) is 24.0 Å². The molecule has 18 heavy (non-hydrogen) atoms. The van der Waals surface area contributed by atoms with Gasteiger partial charge in [0.05, 0.1) is 19.3 Å². The van der Waals surface area contributed by atoms with Gasteiger partial charge in [-0.1, -0.05) is 13.0 Å². The zero-order valence-electron chi connectivity index (χ0n) is 11.0. The summed E-state index contributed by atoms with van der Waals surface area (Å²) in [6.45, 7) is 5.92. The van der Waals surface area contributed by atoms with E-state index in [-0.39, 0.29) is 11.9 Å². The van der Waals surface area contributed by atoms with Crippen LogP contribution < -0.4 is 5.73 Å². The number of ether oxygens (including phenoxy) is 1. The Hall–Kier alpha value is -1.55. The van der Waals surface area contributed by atoms with Gasteiger partial charge in [-0.3, -0.25) is 4.79 Å². The number of hydrogen-bond donors (Lipinski definition) is 1. The predicted molar refractivity (Wildman–Crippen MR) is 71.5 cm³/mol. The summed E-state index contributed by atoms with van der Waals surface area (Å²) in [5.74, 6) is 0.0648. The number of carbonyl (C=O) groups excluding carboxylic acids is 1. The Morgan fingerprint density at radius 1 is 1.56 bits per heavy atom. The molecule has 1 unspecified atom stereocenters. The van der Waals surface area contributed by atoms with E-state index < -0.39 is 0 Å². The third kappa shape index (κ3) is 2.48. The molecular weight excluding hydrogens is 228 g/mol. The SMILES string of the molecule is CCC1COCCN1C(=O)c1cc(N)ccc1C. The molecule has 0 spiro atoms. The molecule has 0 aromatic heterocycles. The molecule has 98 valence electrons. The summed E-state index contributed by atoms with van der Waals surface area (Å²) < 4.78 is 5.42. The number of amides is 1. The fraction of sp³-hybridized carbons (Fsp3) is 0.500. The monoisotopic (exact) mass is 248 g/mol. The van der Waals surface area contributed by atoms with Gasteiger partial charge < -0.3 is 15.4 Å². The first kappa shape index (κ1) is 12.9. The van der Waals surface area contributed by atoms with Crippen molar-refractivity contribution in [3.63, 3.8) is 0 Å². The van der Waals surface area contributed by atoms with Gasteiger partial charge in [-0.2, -0.15) is 0 Å². The minimum absolute atomic E-state index is 0.0648. The van der Waals surface area contributed by atoms with Crippen LogP contribution in [-0.4, -0.2) is 36.6 Å². The number of anilines is 1. The van der Waals surface area contributed by atoms with Crippen molar-refractivity contribution in [3.8, 4) is 0 Å². The summed E-state index contributed by atoms with van der Waals surface area (Å²) in [6.07, 6.45) is 0.910. The largest absolute Gasteiger partial charge is 0.399 e. The van der Waals surface area contributed by atoms with Gasteiger partial charge in [0.2, 0.25) is 0 Å². The van der Waals surface area contributed by atoms with Crippen molar-refractivity contribution in [1.29, 1.82) is 0 Å². The van der Waals surface area contributed by atoms with Crippen molar-refractivity contribution in [1.82, 2.24) is 4.90 Å². The van der Waals surface area contributed by atoms with Gasteiger partial charge in [0.25, 0.3) is 5.91 Å². The Morgan fingerprint density at radius 3 is 3.06 bits per heavy atom. The van der Waals surface area contributed by atoms with Crippen LogP contribution in [0.4, 0.5) is 5.69 Å². The Kier molecular flexibility index (Phi) is 3.87. The van der Waals surface area contributed by atoms with E-state index in [1.54, 1.807) is 6.07 Å². The molecule has 4 nitrogen and oxygen atoms in total. The molecule has 0 saturated carbocycles. The second-order valence-corrected chi connectivity index (χ2v) is 4.71. The number of nitrogen functional groups attached to an aromatic ring is 1. The number of morpholine rings is 1. The van der Waals surface area contributed by atoms with Crippen molar-refractivity contribution in [3.05, 3.63) is 29.3 Å². The van der Waals surface area contributed by atoms with Crippen LogP contribution in [-0.2, 0) is 4.74 Å². The Morgan fingerprint density at radius 2 is 2.33 bits per heavy atom. The summed E-state index contributed by atoms with van der Waals surface area (Å²) in [4.78, 5) is 14.5. The molecule has 0 radical (unpaired) electrons. The van der Waals surface area contributed by atoms with Crippen molar-refractivity contribution in [2.45, 2.75) is 26.3 Å². The van der Waals surface area contributed by atoms with Gasteiger partial charge >= 0.3 is 0 Å². The first-order chi connectivity index (χ1) is 8.63. The van der Waals surface area contributed by atoms with E-state index in [2.05, 4.69) is 6.92 Å². The van der Waals surface area contributed by atoms with Crippen molar-refractivity contribution >= 4 is 11.6 Å². The summed E-state index contributed by atoms with van der Waals surface area (Å²) in [7, 11) is 0.